The molecule has 1 rings (SSSR count). The Morgan fingerprint density at radius 2 is 2.23 bits per heavy atom. The molecule has 0 unspecified atom stereocenters. The summed E-state index contributed by atoms with van der Waals surface area (Å²) in [5, 5.41) is 8.97. The highest BCUT2D eigenvalue weighted by Gasteiger charge is 2.35. The molecule has 1 fully saturated rings. The van der Waals surface area contributed by atoms with Gasteiger partial charge in [-0.2, -0.15) is 0 Å². The Balaban J connectivity index is 2.61. The second kappa shape index (κ2) is 4.09. The number of esters is 1. The summed E-state index contributed by atoms with van der Waals surface area (Å²) in [4.78, 5) is 11.3. The summed E-state index contributed by atoms with van der Waals surface area (Å²) < 4.78 is 5.26. The van der Waals surface area contributed by atoms with Gasteiger partial charge in [0.25, 0.3) is 0 Å². The van der Waals surface area contributed by atoms with E-state index in [2.05, 4.69) is 6.92 Å². The van der Waals surface area contributed by atoms with Crippen molar-refractivity contribution in [3.05, 3.63) is 0 Å². The fraction of sp³-hybridized carbons (Fsp3) is 0.900. The number of carbonyl (C=O) groups is 1. The Morgan fingerprint density at radius 3 is 2.77 bits per heavy atom. The van der Waals surface area contributed by atoms with Crippen molar-refractivity contribution >= 4 is 5.97 Å². The second-order valence-electron chi connectivity index (χ2n) is 4.18. The van der Waals surface area contributed by atoms with E-state index >= 15 is 0 Å². The topological polar surface area (TPSA) is 46.5 Å². The average molecular weight is 186 g/mol. The standard InChI is InChI=1S/C10H18O3/c1-6-4-7(2)10(12)13-9(6)8(3)5-11/h6-9,11H,4-5H2,1-3H3/t6-,7+,8-,9-/m1/s1. The summed E-state index contributed by atoms with van der Waals surface area (Å²) >= 11 is 0. The Kier molecular flexibility index (Phi) is 3.31. The van der Waals surface area contributed by atoms with Crippen LogP contribution in [0.25, 0.3) is 0 Å². The normalized spacial score (nSPS) is 36.9. The molecule has 0 aromatic heterocycles. The summed E-state index contributed by atoms with van der Waals surface area (Å²) in [6, 6.07) is 0. The Labute approximate surface area is 79.1 Å². The van der Waals surface area contributed by atoms with Gasteiger partial charge in [0, 0.05) is 12.5 Å². The lowest BCUT2D eigenvalue weighted by Crippen LogP contribution is -2.40. The summed E-state index contributed by atoms with van der Waals surface area (Å²) in [6.07, 6.45) is 0.766. The molecule has 0 aromatic rings. The molecule has 13 heavy (non-hydrogen) atoms. The fourth-order valence-corrected chi connectivity index (χ4v) is 1.94. The first-order valence-electron chi connectivity index (χ1n) is 4.87. The number of hydrogen-bond acceptors (Lipinski definition) is 3. The van der Waals surface area contributed by atoms with Crippen LogP contribution in [-0.4, -0.2) is 23.8 Å². The van der Waals surface area contributed by atoms with Gasteiger partial charge in [0.2, 0.25) is 0 Å². The molecule has 1 aliphatic rings. The fourth-order valence-electron chi connectivity index (χ4n) is 1.94. The van der Waals surface area contributed by atoms with E-state index in [9.17, 15) is 4.79 Å². The summed E-state index contributed by atoms with van der Waals surface area (Å²) in [7, 11) is 0. The van der Waals surface area contributed by atoms with Crippen LogP contribution in [0.2, 0.25) is 0 Å². The van der Waals surface area contributed by atoms with E-state index in [0.29, 0.717) is 5.92 Å². The van der Waals surface area contributed by atoms with Crippen LogP contribution in [-0.2, 0) is 9.53 Å². The first-order chi connectivity index (χ1) is 6.06. The number of aliphatic hydroxyl groups is 1. The molecule has 1 saturated heterocycles. The third kappa shape index (κ3) is 2.21. The van der Waals surface area contributed by atoms with E-state index in [1.54, 1.807) is 0 Å². The van der Waals surface area contributed by atoms with Crippen LogP contribution in [0.5, 0.6) is 0 Å². The van der Waals surface area contributed by atoms with Crippen molar-refractivity contribution in [1.82, 2.24) is 0 Å². The molecule has 0 saturated carbocycles. The van der Waals surface area contributed by atoms with E-state index in [1.165, 1.54) is 0 Å². The number of carbonyl (C=O) groups excluding carboxylic acids is 1. The van der Waals surface area contributed by atoms with Gasteiger partial charge < -0.3 is 9.84 Å². The van der Waals surface area contributed by atoms with Crippen LogP contribution in [0.3, 0.4) is 0 Å². The maximum atomic E-state index is 11.3. The molecule has 0 aliphatic carbocycles. The zero-order chi connectivity index (χ0) is 10.0. The smallest absolute Gasteiger partial charge is 0.308 e. The monoisotopic (exact) mass is 186 g/mol. The third-order valence-corrected chi connectivity index (χ3v) is 2.79. The maximum Gasteiger partial charge on any atom is 0.308 e. The molecule has 0 amide bonds. The number of cyclic esters (lactones) is 1. The predicted octanol–water partition coefficient (Wildman–Crippen LogP) is 1.20. The third-order valence-electron chi connectivity index (χ3n) is 2.79. The number of rotatable bonds is 2. The molecule has 3 nitrogen and oxygen atoms in total. The molecule has 3 heteroatoms. The van der Waals surface area contributed by atoms with Crippen LogP contribution in [0.1, 0.15) is 27.2 Å². The van der Waals surface area contributed by atoms with Crippen LogP contribution < -0.4 is 0 Å². The first-order valence-corrected chi connectivity index (χ1v) is 4.87. The molecule has 0 radical (unpaired) electrons. The van der Waals surface area contributed by atoms with Gasteiger partial charge in [-0.3, -0.25) is 4.79 Å². The lowest BCUT2D eigenvalue weighted by molar-refractivity contribution is -0.169. The molecule has 4 atom stereocenters. The molecule has 76 valence electrons. The zero-order valence-corrected chi connectivity index (χ0v) is 8.49. The zero-order valence-electron chi connectivity index (χ0n) is 8.49. The van der Waals surface area contributed by atoms with E-state index < -0.39 is 0 Å². The van der Waals surface area contributed by atoms with E-state index in [4.69, 9.17) is 9.84 Å². The van der Waals surface area contributed by atoms with E-state index in [1.807, 2.05) is 13.8 Å². The summed E-state index contributed by atoms with van der Waals surface area (Å²) in [6.45, 7) is 5.94. The molecule has 0 aromatic carbocycles. The van der Waals surface area contributed by atoms with Crippen molar-refractivity contribution in [2.45, 2.75) is 33.3 Å². The molecule has 1 N–H and O–H groups in total. The van der Waals surface area contributed by atoms with Gasteiger partial charge in [-0.1, -0.05) is 20.8 Å². The molecule has 1 aliphatic heterocycles. The van der Waals surface area contributed by atoms with Gasteiger partial charge in [-0.25, -0.2) is 0 Å². The minimum absolute atomic E-state index is 0.0112. The van der Waals surface area contributed by atoms with E-state index in [0.717, 1.165) is 6.42 Å². The van der Waals surface area contributed by atoms with Crippen molar-refractivity contribution in [1.29, 1.82) is 0 Å². The SMILES string of the molecule is C[C@H](CO)[C@@H]1OC(=O)[C@@H](C)C[C@H]1C. The van der Waals surface area contributed by atoms with Crippen LogP contribution in [0.15, 0.2) is 0 Å². The Morgan fingerprint density at radius 1 is 1.62 bits per heavy atom. The molecular formula is C10H18O3. The van der Waals surface area contributed by atoms with Crippen LogP contribution in [0.4, 0.5) is 0 Å². The first kappa shape index (κ1) is 10.5. The summed E-state index contributed by atoms with van der Waals surface area (Å²) in [5.74, 6) is 0.293. The van der Waals surface area contributed by atoms with Gasteiger partial charge >= 0.3 is 5.97 Å². The van der Waals surface area contributed by atoms with Crippen molar-refractivity contribution in [3.8, 4) is 0 Å². The van der Waals surface area contributed by atoms with Crippen molar-refractivity contribution < 1.29 is 14.6 Å². The van der Waals surface area contributed by atoms with Crippen LogP contribution in [0, 0.1) is 17.8 Å². The molecule has 1 heterocycles. The van der Waals surface area contributed by atoms with Crippen LogP contribution >= 0.6 is 0 Å². The molecular weight excluding hydrogens is 168 g/mol. The van der Waals surface area contributed by atoms with Crippen molar-refractivity contribution in [3.63, 3.8) is 0 Å². The number of aliphatic hydroxyl groups excluding tert-OH is 1. The van der Waals surface area contributed by atoms with Gasteiger partial charge in [0.05, 0.1) is 5.92 Å². The lowest BCUT2D eigenvalue weighted by atomic mass is 9.84. The predicted molar refractivity (Wildman–Crippen MR) is 49.1 cm³/mol. The Bertz CT molecular complexity index is 191. The highest BCUT2D eigenvalue weighted by Crippen LogP contribution is 2.29. The van der Waals surface area contributed by atoms with Gasteiger partial charge in [0.1, 0.15) is 6.10 Å². The minimum atomic E-state index is -0.122. The Hall–Kier alpha value is -0.570. The maximum absolute atomic E-state index is 11.3. The largest absolute Gasteiger partial charge is 0.462 e. The minimum Gasteiger partial charge on any atom is -0.462 e. The summed E-state index contributed by atoms with van der Waals surface area (Å²) in [5.41, 5.74) is 0. The van der Waals surface area contributed by atoms with Gasteiger partial charge in [-0.05, 0) is 12.3 Å². The highest BCUT2D eigenvalue weighted by atomic mass is 16.5. The average Bonchev–Trinajstić information content (AvgIpc) is 2.10. The molecule has 0 spiro atoms. The number of hydrogen-bond donors (Lipinski definition) is 1. The van der Waals surface area contributed by atoms with Crippen molar-refractivity contribution in [2.24, 2.45) is 17.8 Å². The van der Waals surface area contributed by atoms with E-state index in [-0.39, 0.29) is 30.5 Å². The second-order valence-corrected chi connectivity index (χ2v) is 4.18. The number of ether oxygens (including phenoxy) is 1. The quantitative estimate of drug-likeness (QED) is 0.659. The van der Waals surface area contributed by atoms with Gasteiger partial charge in [0.15, 0.2) is 0 Å². The van der Waals surface area contributed by atoms with Gasteiger partial charge in [-0.15, -0.1) is 0 Å². The lowest BCUT2D eigenvalue weighted by Gasteiger charge is -2.34. The highest BCUT2D eigenvalue weighted by molar-refractivity contribution is 5.73. The van der Waals surface area contributed by atoms with Crippen molar-refractivity contribution in [2.75, 3.05) is 6.61 Å². The molecule has 0 bridgehead atoms.